The van der Waals surface area contributed by atoms with E-state index < -0.39 is 0 Å². The van der Waals surface area contributed by atoms with Crippen LogP contribution in [0.25, 0.3) is 0 Å². The van der Waals surface area contributed by atoms with Crippen molar-refractivity contribution in [2.45, 2.75) is 38.8 Å². The zero-order valence-electron chi connectivity index (χ0n) is 12.4. The number of fused-ring (bicyclic) bond motifs is 1. The van der Waals surface area contributed by atoms with E-state index in [0.717, 1.165) is 26.3 Å². The zero-order chi connectivity index (χ0) is 13.8. The van der Waals surface area contributed by atoms with Crippen molar-refractivity contribution in [3.05, 3.63) is 21.9 Å². The summed E-state index contributed by atoms with van der Waals surface area (Å²) < 4.78 is 5.72. The fraction of sp³-hybridized carbons (Fsp3) is 0.750. The van der Waals surface area contributed by atoms with Gasteiger partial charge in [-0.1, -0.05) is 6.92 Å². The number of hydrogen-bond donors (Lipinski definition) is 1. The summed E-state index contributed by atoms with van der Waals surface area (Å²) in [7, 11) is 0. The Balaban J connectivity index is 1.56. The molecule has 2 aliphatic rings. The molecule has 4 heteroatoms. The van der Waals surface area contributed by atoms with E-state index in [4.69, 9.17) is 4.74 Å². The summed E-state index contributed by atoms with van der Waals surface area (Å²) in [5.41, 5.74) is 1.55. The molecule has 1 fully saturated rings. The molecule has 3 nitrogen and oxygen atoms in total. The van der Waals surface area contributed by atoms with Gasteiger partial charge in [0.2, 0.25) is 0 Å². The largest absolute Gasteiger partial charge is 0.381 e. The Labute approximate surface area is 126 Å². The molecular weight excluding hydrogens is 268 g/mol. The summed E-state index contributed by atoms with van der Waals surface area (Å²) in [6.45, 7) is 8.75. The molecule has 2 atom stereocenters. The van der Waals surface area contributed by atoms with E-state index in [0.29, 0.717) is 12.0 Å². The Morgan fingerprint density at radius 1 is 1.50 bits per heavy atom. The smallest absolute Gasteiger partial charge is 0.0521 e. The molecule has 2 aliphatic heterocycles. The van der Waals surface area contributed by atoms with Crippen LogP contribution in [0, 0.1) is 5.92 Å². The fourth-order valence-electron chi connectivity index (χ4n) is 3.37. The second-order valence-corrected chi connectivity index (χ2v) is 7.04. The highest BCUT2D eigenvalue weighted by atomic mass is 32.1. The second-order valence-electron chi connectivity index (χ2n) is 6.04. The summed E-state index contributed by atoms with van der Waals surface area (Å²) in [5.74, 6) is 0.649. The molecular formula is C16H26N2OS. The minimum absolute atomic E-state index is 0.646. The number of rotatable bonds is 5. The van der Waals surface area contributed by atoms with Gasteiger partial charge in [-0.15, -0.1) is 11.3 Å². The van der Waals surface area contributed by atoms with Crippen LogP contribution in [0.15, 0.2) is 11.4 Å². The Kier molecular flexibility index (Phi) is 5.10. The lowest BCUT2D eigenvalue weighted by Gasteiger charge is -2.37. The van der Waals surface area contributed by atoms with Gasteiger partial charge in [0.15, 0.2) is 0 Å². The molecule has 0 spiro atoms. The number of hydrogen-bond acceptors (Lipinski definition) is 4. The van der Waals surface area contributed by atoms with Gasteiger partial charge >= 0.3 is 0 Å². The van der Waals surface area contributed by atoms with Crippen LogP contribution >= 0.6 is 11.3 Å². The van der Waals surface area contributed by atoms with Crippen LogP contribution in [0.3, 0.4) is 0 Å². The normalized spacial score (nSPS) is 27.4. The molecule has 0 bridgehead atoms. The lowest BCUT2D eigenvalue weighted by molar-refractivity contribution is 0.0148. The van der Waals surface area contributed by atoms with Gasteiger partial charge in [-0.3, -0.25) is 4.90 Å². The molecule has 3 rings (SSSR count). The maximum Gasteiger partial charge on any atom is 0.0521 e. The molecule has 112 valence electrons. The predicted octanol–water partition coefficient (Wildman–Crippen LogP) is 2.51. The molecule has 2 unspecified atom stereocenters. The van der Waals surface area contributed by atoms with Crippen molar-refractivity contribution in [3.63, 3.8) is 0 Å². The van der Waals surface area contributed by atoms with Crippen LogP contribution in [-0.4, -0.2) is 43.8 Å². The lowest BCUT2D eigenvalue weighted by atomic mass is 9.94. The SMILES string of the molecule is CCCNC1CCOCC1CN1CCc2sccc2C1. The maximum absolute atomic E-state index is 5.72. The fourth-order valence-corrected chi connectivity index (χ4v) is 4.26. The van der Waals surface area contributed by atoms with Crippen molar-refractivity contribution in [1.29, 1.82) is 0 Å². The topological polar surface area (TPSA) is 24.5 Å². The lowest BCUT2D eigenvalue weighted by Crippen LogP contribution is -2.48. The zero-order valence-corrected chi connectivity index (χ0v) is 13.3. The summed E-state index contributed by atoms with van der Waals surface area (Å²) in [6.07, 6.45) is 3.61. The quantitative estimate of drug-likeness (QED) is 0.903. The van der Waals surface area contributed by atoms with E-state index in [-0.39, 0.29) is 0 Å². The van der Waals surface area contributed by atoms with Crippen molar-refractivity contribution in [3.8, 4) is 0 Å². The van der Waals surface area contributed by atoms with E-state index in [2.05, 4.69) is 28.6 Å². The summed E-state index contributed by atoms with van der Waals surface area (Å²) in [5, 5.41) is 5.96. The molecule has 0 amide bonds. The number of thiophene rings is 1. The van der Waals surface area contributed by atoms with Crippen molar-refractivity contribution >= 4 is 11.3 Å². The molecule has 0 saturated carbocycles. The van der Waals surface area contributed by atoms with E-state index >= 15 is 0 Å². The van der Waals surface area contributed by atoms with Gasteiger partial charge in [0.1, 0.15) is 0 Å². The summed E-state index contributed by atoms with van der Waals surface area (Å²) >= 11 is 1.92. The average molecular weight is 294 g/mol. The minimum Gasteiger partial charge on any atom is -0.381 e. The van der Waals surface area contributed by atoms with Gasteiger partial charge in [-0.05, 0) is 42.8 Å². The third-order valence-electron chi connectivity index (χ3n) is 4.51. The van der Waals surface area contributed by atoms with Gasteiger partial charge in [-0.25, -0.2) is 0 Å². The van der Waals surface area contributed by atoms with Crippen molar-refractivity contribution in [2.24, 2.45) is 5.92 Å². The van der Waals surface area contributed by atoms with Gasteiger partial charge in [0.05, 0.1) is 6.61 Å². The standard InChI is InChI=1S/C16H26N2OS/c1-2-6-17-15-4-8-19-12-14(15)11-18-7-3-16-13(10-18)5-9-20-16/h5,9,14-15,17H,2-4,6-8,10-12H2,1H3. The highest BCUT2D eigenvalue weighted by Crippen LogP contribution is 2.25. The Hall–Kier alpha value is -0.420. The molecule has 0 aliphatic carbocycles. The minimum atomic E-state index is 0.646. The van der Waals surface area contributed by atoms with Crippen LogP contribution < -0.4 is 5.32 Å². The molecule has 1 saturated heterocycles. The molecule has 3 heterocycles. The van der Waals surface area contributed by atoms with Crippen LogP contribution in [0.5, 0.6) is 0 Å². The van der Waals surface area contributed by atoms with Crippen LogP contribution in [0.4, 0.5) is 0 Å². The molecule has 1 aromatic heterocycles. The molecule has 1 N–H and O–H groups in total. The van der Waals surface area contributed by atoms with E-state index in [1.807, 2.05) is 11.3 Å². The van der Waals surface area contributed by atoms with Gasteiger partial charge in [0, 0.05) is 43.1 Å². The van der Waals surface area contributed by atoms with Crippen LogP contribution in [0.1, 0.15) is 30.2 Å². The van der Waals surface area contributed by atoms with Gasteiger partial charge in [-0.2, -0.15) is 0 Å². The summed E-state index contributed by atoms with van der Waals surface area (Å²) in [4.78, 5) is 4.22. The molecule has 20 heavy (non-hydrogen) atoms. The highest BCUT2D eigenvalue weighted by molar-refractivity contribution is 7.10. The van der Waals surface area contributed by atoms with E-state index in [1.54, 1.807) is 10.4 Å². The highest BCUT2D eigenvalue weighted by Gasteiger charge is 2.28. The third-order valence-corrected chi connectivity index (χ3v) is 5.53. The first-order valence-corrected chi connectivity index (χ1v) is 8.83. The number of ether oxygens (including phenoxy) is 1. The maximum atomic E-state index is 5.72. The predicted molar refractivity (Wildman–Crippen MR) is 84.3 cm³/mol. The first-order valence-electron chi connectivity index (χ1n) is 7.95. The number of nitrogens with one attached hydrogen (secondary N) is 1. The van der Waals surface area contributed by atoms with Crippen molar-refractivity contribution in [1.82, 2.24) is 10.2 Å². The number of nitrogens with zero attached hydrogens (tertiary/aromatic N) is 1. The van der Waals surface area contributed by atoms with Gasteiger partial charge < -0.3 is 10.1 Å². The second kappa shape index (κ2) is 7.03. The Bertz CT molecular complexity index is 420. The van der Waals surface area contributed by atoms with E-state index in [1.165, 1.54) is 32.4 Å². The molecule has 0 radical (unpaired) electrons. The van der Waals surface area contributed by atoms with Crippen molar-refractivity contribution in [2.75, 3.05) is 32.8 Å². The molecule has 1 aromatic rings. The van der Waals surface area contributed by atoms with Gasteiger partial charge in [0.25, 0.3) is 0 Å². The monoisotopic (exact) mass is 294 g/mol. The van der Waals surface area contributed by atoms with Crippen LogP contribution in [-0.2, 0) is 17.7 Å². The molecule has 0 aromatic carbocycles. The van der Waals surface area contributed by atoms with E-state index in [9.17, 15) is 0 Å². The van der Waals surface area contributed by atoms with Crippen molar-refractivity contribution < 1.29 is 4.74 Å². The van der Waals surface area contributed by atoms with Crippen LogP contribution in [0.2, 0.25) is 0 Å². The first-order chi connectivity index (χ1) is 9.86. The first kappa shape index (κ1) is 14.5. The average Bonchev–Trinajstić information content (AvgIpc) is 2.94. The third kappa shape index (κ3) is 3.42. The Morgan fingerprint density at radius 2 is 2.45 bits per heavy atom. The Morgan fingerprint density at radius 3 is 3.35 bits per heavy atom. The summed E-state index contributed by atoms with van der Waals surface area (Å²) in [6, 6.07) is 2.95.